The van der Waals surface area contributed by atoms with Crippen molar-refractivity contribution in [2.24, 2.45) is 0 Å². The smallest absolute Gasteiger partial charge is 0.269 e. The highest BCUT2D eigenvalue weighted by Gasteiger charge is 2.32. The molecule has 3 aromatic heterocycles. The third kappa shape index (κ3) is 9.37. The molecule has 0 bridgehead atoms. The van der Waals surface area contributed by atoms with Crippen molar-refractivity contribution in [2.45, 2.75) is 90.9 Å². The second-order valence-corrected chi connectivity index (χ2v) is 23.2. The number of hydrogen-bond acceptors (Lipinski definition) is 2. The highest BCUT2D eigenvalue weighted by molar-refractivity contribution is 6.11. The van der Waals surface area contributed by atoms with Crippen LogP contribution in [0.3, 0.4) is 0 Å². The van der Waals surface area contributed by atoms with E-state index in [1.165, 1.54) is 49.7 Å². The van der Waals surface area contributed by atoms with E-state index in [-0.39, 0.29) is 10.8 Å². The van der Waals surface area contributed by atoms with Crippen molar-refractivity contribution in [1.82, 2.24) is 14.1 Å². The van der Waals surface area contributed by atoms with Crippen molar-refractivity contribution in [3.8, 4) is 50.9 Å². The van der Waals surface area contributed by atoms with Gasteiger partial charge in [-0.15, -0.1) is 0 Å². The number of nitrogens with zero attached hydrogens (tertiary/aromatic N) is 4. The zero-order valence-corrected chi connectivity index (χ0v) is 45.0. The summed E-state index contributed by atoms with van der Waals surface area (Å²) >= 11 is 0. The van der Waals surface area contributed by atoms with Gasteiger partial charge in [0.05, 0.1) is 28.1 Å². The summed E-state index contributed by atoms with van der Waals surface area (Å²) in [6.45, 7) is 22.9. The van der Waals surface area contributed by atoms with Gasteiger partial charge < -0.3 is 4.74 Å². The lowest BCUT2D eigenvalue weighted by molar-refractivity contribution is -0.599. The van der Waals surface area contributed by atoms with Gasteiger partial charge in [-0.25, -0.2) is 4.98 Å². The molecule has 0 unspecified atom stereocenters. The van der Waals surface area contributed by atoms with Crippen LogP contribution in [0.5, 0.6) is 11.5 Å². The van der Waals surface area contributed by atoms with E-state index in [0.29, 0.717) is 5.75 Å². The van der Waals surface area contributed by atoms with E-state index < -0.39 is 10.8 Å². The molecule has 372 valence electrons. The number of rotatable bonds is 11. The maximum Gasteiger partial charge on any atom is 0.269 e. The molecule has 0 amide bonds. The van der Waals surface area contributed by atoms with Crippen LogP contribution in [-0.4, -0.2) is 14.1 Å². The minimum Gasteiger partial charge on any atom is -0.458 e. The predicted molar refractivity (Wildman–Crippen MR) is 310 cm³/mol. The number of hydrogen-bond donors (Lipinski definition) is 0. The summed E-state index contributed by atoms with van der Waals surface area (Å²) in [4.78, 5) is 5.07. The van der Waals surface area contributed by atoms with Crippen LogP contribution in [0.15, 0.2) is 219 Å². The Morgan fingerprint density at radius 3 is 1.64 bits per heavy atom. The van der Waals surface area contributed by atoms with Gasteiger partial charge in [-0.05, 0) is 115 Å². The average Bonchev–Trinajstić information content (AvgIpc) is 4.04. The summed E-state index contributed by atoms with van der Waals surface area (Å²) in [5.74, 6) is 2.32. The monoisotopic (exact) mass is 979 g/mol. The normalized spacial score (nSPS) is 12.4. The van der Waals surface area contributed by atoms with Crippen molar-refractivity contribution in [3.63, 3.8) is 0 Å². The van der Waals surface area contributed by atoms with Crippen molar-refractivity contribution < 1.29 is 9.30 Å². The Labute approximate surface area is 443 Å². The van der Waals surface area contributed by atoms with Crippen LogP contribution in [0, 0.1) is 6.33 Å². The zero-order chi connectivity index (χ0) is 52.3. The Kier molecular flexibility index (Phi) is 12.3. The Morgan fingerprint density at radius 1 is 0.453 bits per heavy atom. The molecule has 0 saturated heterocycles. The third-order valence-electron chi connectivity index (χ3n) is 15.3. The first kappa shape index (κ1) is 49.0. The molecule has 0 aliphatic rings. The molecule has 3 heterocycles. The van der Waals surface area contributed by atoms with Gasteiger partial charge >= 0.3 is 0 Å². The molecule has 11 rings (SSSR count). The molecule has 75 heavy (non-hydrogen) atoms. The summed E-state index contributed by atoms with van der Waals surface area (Å²) in [5.41, 5.74) is 14.7. The molecular formula is C70H66N4O. The van der Waals surface area contributed by atoms with Gasteiger partial charge in [-0.1, -0.05) is 215 Å². The number of pyridine rings is 1. The lowest BCUT2D eigenvalue weighted by atomic mass is 9.76. The van der Waals surface area contributed by atoms with Gasteiger partial charge in [-0.3, -0.25) is 13.7 Å². The first-order valence-electron chi connectivity index (χ1n) is 26.3. The first-order chi connectivity index (χ1) is 35.9. The lowest BCUT2D eigenvalue weighted by Crippen LogP contribution is -2.29. The number of aromatic nitrogens is 4. The number of ether oxygens (including phenoxy) is 1. The highest BCUT2D eigenvalue weighted by Crippen LogP contribution is 2.45. The molecule has 0 aliphatic heterocycles. The predicted octanol–water partition coefficient (Wildman–Crippen LogP) is 17.4. The second-order valence-electron chi connectivity index (χ2n) is 23.2. The van der Waals surface area contributed by atoms with E-state index in [0.717, 1.165) is 50.8 Å². The SMILES string of the molecule is CC(C)(C)c1cc(-c2ccccc2)cc(-[n+]2[c-]n(-c3cc(Oc4cc(C(C)(C)c5ccccc5)c5c6ccccc6n(-c6cc(C(C)(C)C)ccn6)c5c4)cc(-c4ccccc4)c3)c(C(C)(C)c3ccccc3)c2)c1. The van der Waals surface area contributed by atoms with Gasteiger partial charge in [0.25, 0.3) is 6.33 Å². The van der Waals surface area contributed by atoms with Crippen molar-refractivity contribution in [2.75, 3.05) is 0 Å². The number of benzene rings is 8. The maximum atomic E-state index is 7.40. The first-order valence-corrected chi connectivity index (χ1v) is 26.3. The number of fused-ring (bicyclic) bond motifs is 3. The topological polar surface area (TPSA) is 35.9 Å². The van der Waals surface area contributed by atoms with E-state index in [1.54, 1.807) is 0 Å². The molecule has 0 fully saturated rings. The Morgan fingerprint density at radius 2 is 1.01 bits per heavy atom. The minimum absolute atomic E-state index is 0.0686. The molecule has 0 spiro atoms. The van der Waals surface area contributed by atoms with Crippen molar-refractivity contribution in [3.05, 3.63) is 258 Å². The maximum absolute atomic E-state index is 7.40. The number of imidazole rings is 1. The molecular weight excluding hydrogens is 913 g/mol. The summed E-state index contributed by atoms with van der Waals surface area (Å²) in [7, 11) is 0. The fourth-order valence-corrected chi connectivity index (χ4v) is 10.7. The van der Waals surface area contributed by atoms with Crippen LogP contribution in [0.4, 0.5) is 0 Å². The molecule has 0 atom stereocenters. The number of para-hydroxylation sites is 1. The highest BCUT2D eigenvalue weighted by atomic mass is 16.5. The molecule has 11 aromatic rings. The van der Waals surface area contributed by atoms with Crippen LogP contribution in [0.2, 0.25) is 0 Å². The molecule has 0 N–H and O–H groups in total. The quantitative estimate of drug-likeness (QED) is 0.0956. The molecule has 0 saturated carbocycles. The van der Waals surface area contributed by atoms with E-state index in [4.69, 9.17) is 9.72 Å². The minimum atomic E-state index is -0.439. The summed E-state index contributed by atoms with van der Waals surface area (Å²) in [6, 6.07) is 74.1. The summed E-state index contributed by atoms with van der Waals surface area (Å²) < 4.78 is 14.2. The summed E-state index contributed by atoms with van der Waals surface area (Å²) in [5, 5.41) is 2.35. The molecule has 5 nitrogen and oxygen atoms in total. The van der Waals surface area contributed by atoms with Gasteiger partial charge in [0, 0.05) is 40.1 Å². The molecule has 8 aromatic carbocycles. The fraction of sp³-hybridized carbons (Fsp3) is 0.200. The summed E-state index contributed by atoms with van der Waals surface area (Å²) in [6.07, 6.45) is 8.13. The molecule has 0 aliphatic carbocycles. The van der Waals surface area contributed by atoms with Crippen molar-refractivity contribution in [1.29, 1.82) is 0 Å². The lowest BCUT2D eigenvalue weighted by Gasteiger charge is -2.28. The van der Waals surface area contributed by atoms with Crippen LogP contribution in [0.1, 0.15) is 103 Å². The van der Waals surface area contributed by atoms with Crippen LogP contribution >= 0.6 is 0 Å². The van der Waals surface area contributed by atoms with Crippen LogP contribution < -0.4 is 9.30 Å². The third-order valence-corrected chi connectivity index (χ3v) is 15.3. The molecule has 0 radical (unpaired) electrons. The van der Waals surface area contributed by atoms with E-state index >= 15 is 0 Å². The second kappa shape index (κ2) is 18.9. The average molecular weight is 979 g/mol. The van der Waals surface area contributed by atoms with Gasteiger partial charge in [-0.2, -0.15) is 0 Å². The Bertz CT molecular complexity index is 3850. The van der Waals surface area contributed by atoms with Gasteiger partial charge in [0.2, 0.25) is 0 Å². The Hall–Kier alpha value is -8.28. The van der Waals surface area contributed by atoms with Crippen molar-refractivity contribution >= 4 is 21.8 Å². The zero-order valence-electron chi connectivity index (χ0n) is 45.0. The van der Waals surface area contributed by atoms with E-state index in [2.05, 4.69) is 302 Å². The Balaban J connectivity index is 1.15. The van der Waals surface area contributed by atoms with E-state index in [9.17, 15) is 0 Å². The standard InChI is InChI=1S/C70H66N4O/c1-67(2,3)54-35-36-71-65(42-54)74-62-34-24-23-33-60(62)66-61(69(7,8)52-29-19-13-20-30-52)44-59(45-63(66)74)75-58-40-51(49-27-17-12-18-28-49)39-57(43-58)73-47-72(46-64(73)70(9,10)53-31-21-14-22-32-53)56-38-50(48-25-15-11-16-26-48)37-55(41-56)68(4,5)6/h11-46H,1-10H3. The van der Waals surface area contributed by atoms with Gasteiger partial charge in [0.15, 0.2) is 0 Å². The van der Waals surface area contributed by atoms with Crippen LogP contribution in [0.25, 0.3) is 61.3 Å². The van der Waals surface area contributed by atoms with Crippen LogP contribution in [-0.2, 0) is 21.7 Å². The fourth-order valence-electron chi connectivity index (χ4n) is 10.7. The molecule has 5 heteroatoms. The van der Waals surface area contributed by atoms with E-state index in [1.807, 2.05) is 6.20 Å². The van der Waals surface area contributed by atoms with Gasteiger partial charge in [0.1, 0.15) is 17.3 Å². The largest absolute Gasteiger partial charge is 0.458 e.